The molecule has 1 aromatic rings. The highest BCUT2D eigenvalue weighted by Gasteiger charge is 2.10. The minimum Gasteiger partial charge on any atom is -0.491 e. The highest BCUT2D eigenvalue weighted by Crippen LogP contribution is 2.27. The molecule has 0 fully saturated rings. The van der Waals surface area contributed by atoms with Crippen molar-refractivity contribution < 1.29 is 9.47 Å². The normalized spacial score (nSPS) is 12.5. The van der Waals surface area contributed by atoms with Crippen molar-refractivity contribution in [3.8, 4) is 5.75 Å². The molecular weight excluding hydrogens is 238 g/mol. The first-order valence-electron chi connectivity index (χ1n) is 5.88. The van der Waals surface area contributed by atoms with Crippen LogP contribution in [0, 0.1) is 0 Å². The van der Waals surface area contributed by atoms with E-state index in [1.807, 2.05) is 32.0 Å². The third-order valence-corrected chi connectivity index (χ3v) is 2.65. The van der Waals surface area contributed by atoms with E-state index in [0.717, 1.165) is 11.3 Å². The third-order valence-electron chi connectivity index (χ3n) is 2.29. The van der Waals surface area contributed by atoms with Gasteiger partial charge in [0.05, 0.1) is 6.61 Å². The molecule has 17 heavy (non-hydrogen) atoms. The number of hydrogen-bond acceptors (Lipinski definition) is 3. The molecular formula is C13H20ClNO2. The Bertz CT molecular complexity index is 342. The molecule has 1 aromatic carbocycles. The smallest absolute Gasteiger partial charge is 0.124 e. The Hall–Kier alpha value is -0.770. The predicted molar refractivity (Wildman–Crippen MR) is 70.8 cm³/mol. The van der Waals surface area contributed by atoms with Gasteiger partial charge in [-0.3, -0.25) is 0 Å². The van der Waals surface area contributed by atoms with Crippen LogP contribution in [0.3, 0.4) is 0 Å². The van der Waals surface area contributed by atoms with E-state index < -0.39 is 0 Å². The first-order valence-corrected chi connectivity index (χ1v) is 6.26. The second-order valence-electron chi connectivity index (χ2n) is 3.94. The van der Waals surface area contributed by atoms with Gasteiger partial charge in [-0.05, 0) is 32.4 Å². The first kappa shape index (κ1) is 14.3. The van der Waals surface area contributed by atoms with Crippen molar-refractivity contribution in [1.29, 1.82) is 0 Å². The van der Waals surface area contributed by atoms with Crippen LogP contribution in [0.5, 0.6) is 5.75 Å². The summed E-state index contributed by atoms with van der Waals surface area (Å²) in [6.45, 7) is 5.72. The minimum absolute atomic E-state index is 0.0594. The number of ether oxygens (including phenoxy) is 2. The van der Waals surface area contributed by atoms with Crippen LogP contribution in [-0.4, -0.2) is 25.9 Å². The Morgan fingerprint density at radius 2 is 2.12 bits per heavy atom. The summed E-state index contributed by atoms with van der Waals surface area (Å²) in [5, 5.41) is 0.705. The molecule has 0 aliphatic rings. The largest absolute Gasteiger partial charge is 0.491 e. The van der Waals surface area contributed by atoms with Crippen LogP contribution >= 0.6 is 11.6 Å². The Kier molecular flexibility index (Phi) is 6.34. The van der Waals surface area contributed by atoms with Gasteiger partial charge in [0, 0.05) is 23.2 Å². The summed E-state index contributed by atoms with van der Waals surface area (Å²) in [6.07, 6.45) is 0.712. The number of nitrogens with two attached hydrogens (primary N) is 1. The average molecular weight is 258 g/mol. The lowest BCUT2D eigenvalue weighted by atomic mass is 10.1. The van der Waals surface area contributed by atoms with Crippen molar-refractivity contribution >= 4 is 11.6 Å². The van der Waals surface area contributed by atoms with Gasteiger partial charge in [0.2, 0.25) is 0 Å². The highest BCUT2D eigenvalue weighted by molar-refractivity contribution is 6.31. The van der Waals surface area contributed by atoms with Gasteiger partial charge in [-0.15, -0.1) is 0 Å². The number of rotatable bonds is 7. The summed E-state index contributed by atoms with van der Waals surface area (Å²) in [4.78, 5) is 0. The fraction of sp³-hybridized carbons (Fsp3) is 0.538. The van der Waals surface area contributed by atoms with Crippen molar-refractivity contribution in [3.05, 3.63) is 28.8 Å². The molecule has 0 aliphatic heterocycles. The fourth-order valence-corrected chi connectivity index (χ4v) is 1.79. The summed E-state index contributed by atoms with van der Waals surface area (Å²) in [5.41, 5.74) is 6.77. The molecule has 1 rings (SSSR count). The van der Waals surface area contributed by atoms with Crippen LogP contribution in [0.25, 0.3) is 0 Å². The van der Waals surface area contributed by atoms with E-state index in [-0.39, 0.29) is 6.04 Å². The summed E-state index contributed by atoms with van der Waals surface area (Å²) in [6, 6.07) is 5.71. The summed E-state index contributed by atoms with van der Waals surface area (Å²) in [5.74, 6) is 0.800. The zero-order chi connectivity index (χ0) is 12.7. The third kappa shape index (κ3) is 4.94. The minimum atomic E-state index is 0.0594. The zero-order valence-corrected chi connectivity index (χ0v) is 11.2. The van der Waals surface area contributed by atoms with Crippen molar-refractivity contribution in [2.45, 2.75) is 26.3 Å². The van der Waals surface area contributed by atoms with Crippen molar-refractivity contribution in [3.63, 3.8) is 0 Å². The lowest BCUT2D eigenvalue weighted by molar-refractivity contribution is 0.110. The Morgan fingerprint density at radius 3 is 2.76 bits per heavy atom. The second kappa shape index (κ2) is 7.54. The van der Waals surface area contributed by atoms with Gasteiger partial charge in [-0.2, -0.15) is 0 Å². The standard InChI is InChI=1S/C13H20ClNO2/c1-3-16-7-8-17-13-6-4-5-12(14)11(13)9-10(2)15/h4-6,10H,3,7-9,15H2,1-2H3. The molecule has 0 aliphatic carbocycles. The van der Waals surface area contributed by atoms with Gasteiger partial charge < -0.3 is 15.2 Å². The maximum atomic E-state index is 6.15. The van der Waals surface area contributed by atoms with Crippen LogP contribution in [0.4, 0.5) is 0 Å². The van der Waals surface area contributed by atoms with Gasteiger partial charge >= 0.3 is 0 Å². The van der Waals surface area contributed by atoms with E-state index in [9.17, 15) is 0 Å². The molecule has 1 unspecified atom stereocenters. The molecule has 96 valence electrons. The van der Waals surface area contributed by atoms with Gasteiger partial charge in [-0.1, -0.05) is 17.7 Å². The number of halogens is 1. The van der Waals surface area contributed by atoms with Crippen molar-refractivity contribution in [2.24, 2.45) is 5.73 Å². The van der Waals surface area contributed by atoms with Gasteiger partial charge in [0.25, 0.3) is 0 Å². The summed E-state index contributed by atoms with van der Waals surface area (Å²) < 4.78 is 10.9. The molecule has 3 nitrogen and oxygen atoms in total. The maximum Gasteiger partial charge on any atom is 0.124 e. The van der Waals surface area contributed by atoms with E-state index in [1.165, 1.54) is 0 Å². The molecule has 4 heteroatoms. The topological polar surface area (TPSA) is 44.5 Å². The van der Waals surface area contributed by atoms with Crippen LogP contribution in [0.15, 0.2) is 18.2 Å². The predicted octanol–water partition coefficient (Wildman–Crippen LogP) is 2.64. The first-order chi connectivity index (χ1) is 8.15. The molecule has 2 N–H and O–H groups in total. The highest BCUT2D eigenvalue weighted by atomic mass is 35.5. The van der Waals surface area contributed by atoms with Crippen LogP contribution < -0.4 is 10.5 Å². The van der Waals surface area contributed by atoms with E-state index in [0.29, 0.717) is 31.3 Å². The SMILES string of the molecule is CCOCCOc1cccc(Cl)c1CC(C)N. The van der Waals surface area contributed by atoms with E-state index in [4.69, 9.17) is 26.8 Å². The molecule has 0 heterocycles. The summed E-state index contributed by atoms with van der Waals surface area (Å²) in [7, 11) is 0. The molecule has 0 saturated heterocycles. The zero-order valence-electron chi connectivity index (χ0n) is 10.4. The molecule has 0 bridgehead atoms. The van der Waals surface area contributed by atoms with E-state index in [2.05, 4.69) is 0 Å². The van der Waals surface area contributed by atoms with Crippen LogP contribution in [0.1, 0.15) is 19.4 Å². The molecule has 1 atom stereocenters. The second-order valence-corrected chi connectivity index (χ2v) is 4.35. The van der Waals surface area contributed by atoms with E-state index in [1.54, 1.807) is 0 Å². The Balaban J connectivity index is 2.66. The molecule has 0 aromatic heterocycles. The molecule has 0 radical (unpaired) electrons. The molecule has 0 amide bonds. The lowest BCUT2D eigenvalue weighted by Crippen LogP contribution is -2.19. The van der Waals surface area contributed by atoms with Crippen LogP contribution in [-0.2, 0) is 11.2 Å². The maximum absolute atomic E-state index is 6.15. The van der Waals surface area contributed by atoms with Gasteiger partial charge in [0.15, 0.2) is 0 Å². The molecule has 0 saturated carbocycles. The van der Waals surface area contributed by atoms with Gasteiger partial charge in [0.1, 0.15) is 12.4 Å². The van der Waals surface area contributed by atoms with Crippen molar-refractivity contribution in [2.75, 3.05) is 19.8 Å². The monoisotopic (exact) mass is 257 g/mol. The fourth-order valence-electron chi connectivity index (χ4n) is 1.55. The number of benzene rings is 1. The lowest BCUT2D eigenvalue weighted by Gasteiger charge is -2.14. The average Bonchev–Trinajstić information content (AvgIpc) is 2.28. The summed E-state index contributed by atoms with van der Waals surface area (Å²) >= 11 is 6.15. The molecule has 0 spiro atoms. The van der Waals surface area contributed by atoms with E-state index >= 15 is 0 Å². The van der Waals surface area contributed by atoms with Crippen molar-refractivity contribution in [1.82, 2.24) is 0 Å². The van der Waals surface area contributed by atoms with Crippen LogP contribution in [0.2, 0.25) is 5.02 Å². The van der Waals surface area contributed by atoms with Gasteiger partial charge in [-0.25, -0.2) is 0 Å². The number of hydrogen-bond donors (Lipinski definition) is 1. The quantitative estimate of drug-likeness (QED) is 0.764. The Labute approximate surface area is 108 Å². The Morgan fingerprint density at radius 1 is 1.35 bits per heavy atom.